The number of fused-ring (bicyclic) bond motifs is 1. The fourth-order valence-corrected chi connectivity index (χ4v) is 3.60. The lowest BCUT2D eigenvalue weighted by atomic mass is 10.2. The Hall–Kier alpha value is -2.52. The zero-order valence-corrected chi connectivity index (χ0v) is 12.6. The summed E-state index contributed by atoms with van der Waals surface area (Å²) in [6, 6.07) is 12.8. The van der Waals surface area contributed by atoms with Gasteiger partial charge in [-0.3, -0.25) is 0 Å². The van der Waals surface area contributed by atoms with E-state index in [1.807, 2.05) is 29.2 Å². The van der Waals surface area contributed by atoms with Crippen LogP contribution in [0.2, 0.25) is 0 Å². The van der Waals surface area contributed by atoms with E-state index in [1.165, 1.54) is 12.5 Å². The molecule has 0 fully saturated rings. The largest absolute Gasteiger partial charge is 0.468 e. The molecule has 0 unspecified atom stereocenters. The van der Waals surface area contributed by atoms with Crippen molar-refractivity contribution in [2.75, 3.05) is 11.4 Å². The third kappa shape index (κ3) is 2.76. The molecule has 3 rings (SSSR count). The van der Waals surface area contributed by atoms with E-state index in [0.29, 0.717) is 12.3 Å². The van der Waals surface area contributed by atoms with Crippen molar-refractivity contribution >= 4 is 15.5 Å². The lowest BCUT2D eigenvalue weighted by Crippen LogP contribution is -2.16. The molecule has 112 valence electrons. The second-order valence-corrected chi connectivity index (χ2v) is 6.97. The van der Waals surface area contributed by atoms with E-state index in [4.69, 9.17) is 4.42 Å². The molecular formula is C16H14N2O3S. The van der Waals surface area contributed by atoms with Gasteiger partial charge in [-0.25, -0.2) is 8.42 Å². The molecule has 0 atom stereocenters. The first kappa shape index (κ1) is 14.4. The Bertz CT molecular complexity index is 846. The highest BCUT2D eigenvalue weighted by Gasteiger charge is 2.24. The van der Waals surface area contributed by atoms with Gasteiger partial charge in [0, 0.05) is 18.4 Å². The molecule has 0 radical (unpaired) electrons. The van der Waals surface area contributed by atoms with E-state index in [0.717, 1.165) is 17.7 Å². The summed E-state index contributed by atoms with van der Waals surface area (Å²) in [6.07, 6.45) is 3.67. The van der Waals surface area contributed by atoms with Crippen molar-refractivity contribution in [1.82, 2.24) is 0 Å². The number of anilines is 1. The molecule has 0 aliphatic carbocycles. The highest BCUT2D eigenvalue weighted by molar-refractivity contribution is 7.94. The second kappa shape index (κ2) is 5.70. The lowest BCUT2D eigenvalue weighted by molar-refractivity contribution is 0.522. The molecule has 1 aliphatic heterocycles. The maximum atomic E-state index is 12.4. The third-order valence-corrected chi connectivity index (χ3v) is 5.09. The summed E-state index contributed by atoms with van der Waals surface area (Å²) in [6.45, 7) is 0.667. The SMILES string of the molecule is N#C/C(=C/N1CCc2ccccc21)S(=O)(=O)Cc1ccco1. The number of allylic oxidation sites excluding steroid dienone is 1. The number of benzene rings is 1. The van der Waals surface area contributed by atoms with Gasteiger partial charge < -0.3 is 9.32 Å². The van der Waals surface area contributed by atoms with Gasteiger partial charge in [0.1, 0.15) is 17.6 Å². The molecule has 0 spiro atoms. The quantitative estimate of drug-likeness (QED) is 0.811. The Labute approximate surface area is 129 Å². The zero-order valence-electron chi connectivity index (χ0n) is 11.8. The molecule has 0 bridgehead atoms. The van der Waals surface area contributed by atoms with Crippen molar-refractivity contribution in [3.8, 4) is 6.07 Å². The average molecular weight is 314 g/mol. The number of para-hydroxylation sites is 1. The molecule has 0 amide bonds. The standard InChI is InChI=1S/C16H14N2O3S/c17-10-15(22(19,20)12-14-5-3-9-21-14)11-18-8-7-13-4-1-2-6-16(13)18/h1-6,9,11H,7-8,12H2/b15-11-. The highest BCUT2D eigenvalue weighted by atomic mass is 32.2. The van der Waals surface area contributed by atoms with Crippen molar-refractivity contribution in [3.05, 3.63) is 65.1 Å². The summed E-state index contributed by atoms with van der Waals surface area (Å²) in [5.41, 5.74) is 2.10. The Kier molecular flexibility index (Phi) is 3.73. The highest BCUT2D eigenvalue weighted by Crippen LogP contribution is 2.29. The number of nitriles is 1. The molecule has 1 aromatic carbocycles. The van der Waals surface area contributed by atoms with Crippen LogP contribution in [0.5, 0.6) is 0 Å². The van der Waals surface area contributed by atoms with Crippen molar-refractivity contribution in [1.29, 1.82) is 5.26 Å². The van der Waals surface area contributed by atoms with Crippen molar-refractivity contribution in [3.63, 3.8) is 0 Å². The van der Waals surface area contributed by atoms with Crippen LogP contribution < -0.4 is 4.90 Å². The predicted octanol–water partition coefficient (Wildman–Crippen LogP) is 2.62. The zero-order chi connectivity index (χ0) is 15.6. The fourth-order valence-electron chi connectivity index (χ4n) is 2.48. The normalized spacial score (nSPS) is 14.7. The molecule has 0 saturated heterocycles. The van der Waals surface area contributed by atoms with Crippen LogP contribution in [-0.4, -0.2) is 15.0 Å². The van der Waals surface area contributed by atoms with Crippen LogP contribution in [0.4, 0.5) is 5.69 Å². The first-order valence-corrected chi connectivity index (χ1v) is 8.47. The molecule has 22 heavy (non-hydrogen) atoms. The number of rotatable bonds is 4. The summed E-state index contributed by atoms with van der Waals surface area (Å²) in [7, 11) is -3.72. The number of furan rings is 1. The number of hydrogen-bond acceptors (Lipinski definition) is 5. The molecular weight excluding hydrogens is 300 g/mol. The maximum Gasteiger partial charge on any atom is 0.197 e. The van der Waals surface area contributed by atoms with Crippen LogP contribution in [0.3, 0.4) is 0 Å². The van der Waals surface area contributed by atoms with Gasteiger partial charge in [0.05, 0.1) is 6.26 Å². The Morgan fingerprint density at radius 3 is 2.86 bits per heavy atom. The van der Waals surface area contributed by atoms with Crippen molar-refractivity contribution < 1.29 is 12.8 Å². The minimum absolute atomic E-state index is 0.249. The minimum atomic E-state index is -3.72. The van der Waals surface area contributed by atoms with Gasteiger partial charge in [-0.05, 0) is 30.2 Å². The van der Waals surface area contributed by atoms with Crippen LogP contribution in [-0.2, 0) is 22.0 Å². The molecule has 2 heterocycles. The molecule has 6 heteroatoms. The summed E-state index contributed by atoms with van der Waals surface area (Å²) >= 11 is 0. The van der Waals surface area contributed by atoms with Gasteiger partial charge >= 0.3 is 0 Å². The monoisotopic (exact) mass is 314 g/mol. The average Bonchev–Trinajstić information content (AvgIpc) is 3.14. The molecule has 5 nitrogen and oxygen atoms in total. The molecule has 0 N–H and O–H groups in total. The van der Waals surface area contributed by atoms with Crippen molar-refractivity contribution in [2.24, 2.45) is 0 Å². The molecule has 2 aromatic rings. The van der Waals surface area contributed by atoms with Gasteiger partial charge in [-0.1, -0.05) is 18.2 Å². The first-order chi connectivity index (χ1) is 10.6. The summed E-state index contributed by atoms with van der Waals surface area (Å²) in [5.74, 6) is 0.0116. The fraction of sp³-hybridized carbons (Fsp3) is 0.188. The number of hydrogen-bond donors (Lipinski definition) is 0. The van der Waals surface area contributed by atoms with Gasteiger partial charge in [0.2, 0.25) is 0 Å². The van der Waals surface area contributed by atoms with Gasteiger partial charge in [0.25, 0.3) is 0 Å². The molecule has 1 aromatic heterocycles. The first-order valence-electron chi connectivity index (χ1n) is 6.82. The van der Waals surface area contributed by atoms with Crippen LogP contribution in [0.15, 0.2) is 58.2 Å². The van der Waals surface area contributed by atoms with Gasteiger partial charge in [-0.15, -0.1) is 0 Å². The number of nitrogens with zero attached hydrogens (tertiary/aromatic N) is 2. The van der Waals surface area contributed by atoms with E-state index in [-0.39, 0.29) is 10.7 Å². The predicted molar refractivity (Wildman–Crippen MR) is 82.5 cm³/mol. The van der Waals surface area contributed by atoms with Crippen LogP contribution in [0, 0.1) is 11.3 Å². The Morgan fingerprint density at radius 2 is 2.14 bits per heavy atom. The third-order valence-electron chi connectivity index (χ3n) is 3.55. The van der Waals surface area contributed by atoms with E-state index < -0.39 is 9.84 Å². The molecule has 0 saturated carbocycles. The Balaban J connectivity index is 1.90. The van der Waals surface area contributed by atoms with Crippen LogP contribution in [0.1, 0.15) is 11.3 Å². The van der Waals surface area contributed by atoms with Crippen molar-refractivity contribution in [2.45, 2.75) is 12.2 Å². The van der Waals surface area contributed by atoms with E-state index in [1.54, 1.807) is 18.2 Å². The van der Waals surface area contributed by atoms with Crippen LogP contribution in [0.25, 0.3) is 0 Å². The lowest BCUT2D eigenvalue weighted by Gasteiger charge is -2.14. The summed E-state index contributed by atoms with van der Waals surface area (Å²) < 4.78 is 29.8. The molecule has 1 aliphatic rings. The van der Waals surface area contributed by atoms with Gasteiger partial charge in [0.15, 0.2) is 14.7 Å². The topological polar surface area (TPSA) is 74.3 Å². The Morgan fingerprint density at radius 1 is 1.32 bits per heavy atom. The smallest absolute Gasteiger partial charge is 0.197 e. The van der Waals surface area contributed by atoms with Gasteiger partial charge in [-0.2, -0.15) is 5.26 Å². The van der Waals surface area contributed by atoms with Crippen LogP contribution >= 0.6 is 0 Å². The minimum Gasteiger partial charge on any atom is -0.468 e. The van der Waals surface area contributed by atoms with E-state index in [9.17, 15) is 13.7 Å². The second-order valence-electron chi connectivity index (χ2n) is 5.02. The number of sulfone groups is 1. The van der Waals surface area contributed by atoms with E-state index >= 15 is 0 Å². The van der Waals surface area contributed by atoms with E-state index in [2.05, 4.69) is 0 Å². The summed E-state index contributed by atoms with van der Waals surface area (Å²) in [4.78, 5) is 1.56. The summed E-state index contributed by atoms with van der Waals surface area (Å²) in [5, 5.41) is 9.24. The maximum absolute atomic E-state index is 12.4.